The highest BCUT2D eigenvalue weighted by Gasteiger charge is 2.54. The minimum Gasteiger partial charge on any atom is -0.103 e. The zero-order chi connectivity index (χ0) is 17.4. The largest absolute Gasteiger partial charge is 0.103 e. The second kappa shape index (κ2) is 6.65. The summed E-state index contributed by atoms with van der Waals surface area (Å²) in [5.41, 5.74) is 3.29. The van der Waals surface area contributed by atoms with Crippen LogP contribution in [0.25, 0.3) is 0 Å². The molecule has 0 radical (unpaired) electrons. The quantitative estimate of drug-likeness (QED) is 0.358. The van der Waals surface area contributed by atoms with Gasteiger partial charge >= 0.3 is 0 Å². The molecule has 5 atom stereocenters. The minimum absolute atomic E-state index is 0.344. The summed E-state index contributed by atoms with van der Waals surface area (Å²) in [5.74, 6) is 1.76. The van der Waals surface area contributed by atoms with Gasteiger partial charge in [-0.3, -0.25) is 0 Å². The van der Waals surface area contributed by atoms with E-state index in [4.69, 9.17) is 0 Å². The van der Waals surface area contributed by atoms with Crippen LogP contribution in [0.1, 0.15) is 98.3 Å². The zero-order valence-electron chi connectivity index (χ0n) is 16.8. The molecule has 2 unspecified atom stereocenters. The molecule has 0 N–H and O–H groups in total. The Morgan fingerprint density at radius 1 is 1.17 bits per heavy atom. The van der Waals surface area contributed by atoms with Crippen molar-refractivity contribution in [3.05, 3.63) is 24.3 Å². The van der Waals surface area contributed by atoms with Crippen LogP contribution in [-0.4, -0.2) is 0 Å². The molecule has 0 aliphatic heterocycles. The number of rotatable bonds is 5. The number of hydrogen-bond donors (Lipinski definition) is 0. The highest BCUT2D eigenvalue weighted by molar-refractivity contribution is 5.28. The first kappa shape index (κ1) is 18.3. The van der Waals surface area contributed by atoms with Gasteiger partial charge in [-0.15, -0.1) is 6.58 Å². The molecule has 0 spiro atoms. The van der Waals surface area contributed by atoms with E-state index in [0.29, 0.717) is 16.2 Å². The van der Waals surface area contributed by atoms with Gasteiger partial charge in [-0.1, -0.05) is 71.1 Å². The first-order chi connectivity index (χ1) is 11.4. The Hall–Kier alpha value is -0.520. The average molecular weight is 329 g/mol. The van der Waals surface area contributed by atoms with Crippen LogP contribution in [0.2, 0.25) is 0 Å². The Bertz CT molecular complexity index is 500. The fourth-order valence-electron chi connectivity index (χ4n) is 6.83. The summed E-state index contributed by atoms with van der Waals surface area (Å²) in [6.45, 7) is 14.2. The number of unbranched alkanes of at least 4 members (excludes halogenated alkanes) is 2. The average Bonchev–Trinajstić information content (AvgIpc) is 2.54. The molecule has 136 valence electrons. The SMILES string of the molecule is C=C[C@@]1(C)CC=C2C(CCC3[C@](C)(CCCCC)CCC[C@@]23C)C1. The summed E-state index contributed by atoms with van der Waals surface area (Å²) >= 11 is 0. The summed E-state index contributed by atoms with van der Waals surface area (Å²) in [6.07, 6.45) is 20.4. The van der Waals surface area contributed by atoms with Crippen LogP contribution < -0.4 is 0 Å². The van der Waals surface area contributed by atoms with E-state index < -0.39 is 0 Å². The standard InChI is InChI=1S/C24H40/c1-6-8-9-14-23(4)15-10-16-24(5)20-13-17-22(3,7-2)18-19(20)11-12-21(23)24/h7,13,19,21H,2,6,8-12,14-18H2,1,3-5H3/t19?,21?,22-,23+,24-/m0/s1. The van der Waals surface area contributed by atoms with Gasteiger partial charge in [0.1, 0.15) is 0 Å². The van der Waals surface area contributed by atoms with Crippen molar-refractivity contribution in [2.45, 2.75) is 98.3 Å². The van der Waals surface area contributed by atoms with Crippen LogP contribution >= 0.6 is 0 Å². The molecule has 0 aromatic rings. The predicted octanol–water partition coefficient (Wildman–Crippen LogP) is 7.70. The van der Waals surface area contributed by atoms with Gasteiger partial charge in [0, 0.05) is 0 Å². The van der Waals surface area contributed by atoms with E-state index in [0.717, 1.165) is 11.8 Å². The fraction of sp³-hybridized carbons (Fsp3) is 0.833. The molecule has 3 aliphatic carbocycles. The Morgan fingerprint density at radius 3 is 2.67 bits per heavy atom. The van der Waals surface area contributed by atoms with Crippen molar-refractivity contribution in [3.8, 4) is 0 Å². The lowest BCUT2D eigenvalue weighted by Gasteiger charge is -2.59. The normalized spacial score (nSPS) is 45.1. The highest BCUT2D eigenvalue weighted by atomic mass is 14.6. The number of hydrogen-bond acceptors (Lipinski definition) is 0. The van der Waals surface area contributed by atoms with Crippen molar-refractivity contribution >= 4 is 0 Å². The van der Waals surface area contributed by atoms with E-state index in [1.807, 2.05) is 5.57 Å². The van der Waals surface area contributed by atoms with Crippen molar-refractivity contribution in [2.75, 3.05) is 0 Å². The van der Waals surface area contributed by atoms with E-state index in [1.54, 1.807) is 0 Å². The number of allylic oxidation sites excluding steroid dienone is 3. The van der Waals surface area contributed by atoms with Crippen LogP contribution in [0, 0.1) is 28.1 Å². The smallest absolute Gasteiger partial charge is 0.00802 e. The maximum atomic E-state index is 4.13. The molecule has 0 bridgehead atoms. The Morgan fingerprint density at radius 2 is 1.96 bits per heavy atom. The Kier molecular flexibility index (Phi) is 5.07. The predicted molar refractivity (Wildman–Crippen MR) is 106 cm³/mol. The van der Waals surface area contributed by atoms with Gasteiger partial charge in [-0.25, -0.2) is 0 Å². The van der Waals surface area contributed by atoms with Crippen LogP contribution in [0.3, 0.4) is 0 Å². The second-order valence-electron chi connectivity index (χ2n) is 10.1. The molecule has 0 nitrogen and oxygen atoms in total. The molecule has 0 heterocycles. The summed E-state index contributed by atoms with van der Waals surface area (Å²) in [7, 11) is 0. The highest BCUT2D eigenvalue weighted by Crippen LogP contribution is 2.64. The van der Waals surface area contributed by atoms with E-state index in [1.165, 1.54) is 70.6 Å². The molecule has 0 heteroatoms. The van der Waals surface area contributed by atoms with Crippen LogP contribution in [0.15, 0.2) is 24.3 Å². The lowest BCUT2D eigenvalue weighted by Crippen LogP contribution is -2.50. The third-order valence-corrected chi connectivity index (χ3v) is 8.30. The van der Waals surface area contributed by atoms with E-state index in [9.17, 15) is 0 Å². The molecule has 2 saturated carbocycles. The summed E-state index contributed by atoms with van der Waals surface area (Å²) in [5, 5.41) is 0. The van der Waals surface area contributed by atoms with Crippen molar-refractivity contribution in [1.82, 2.24) is 0 Å². The van der Waals surface area contributed by atoms with Crippen molar-refractivity contribution in [2.24, 2.45) is 28.1 Å². The fourth-order valence-corrected chi connectivity index (χ4v) is 6.83. The topological polar surface area (TPSA) is 0 Å². The molecular formula is C24H40. The molecular weight excluding hydrogens is 288 g/mol. The van der Waals surface area contributed by atoms with Gasteiger partial charge in [-0.2, -0.15) is 0 Å². The zero-order valence-corrected chi connectivity index (χ0v) is 16.8. The van der Waals surface area contributed by atoms with E-state index in [2.05, 4.69) is 46.4 Å². The second-order valence-corrected chi connectivity index (χ2v) is 10.1. The van der Waals surface area contributed by atoms with Crippen LogP contribution in [0.4, 0.5) is 0 Å². The first-order valence-electron chi connectivity index (χ1n) is 10.7. The summed E-state index contributed by atoms with van der Waals surface area (Å²) in [4.78, 5) is 0. The van der Waals surface area contributed by atoms with Gasteiger partial charge < -0.3 is 0 Å². The molecule has 0 saturated heterocycles. The van der Waals surface area contributed by atoms with Crippen molar-refractivity contribution in [1.29, 1.82) is 0 Å². The number of fused-ring (bicyclic) bond motifs is 3. The van der Waals surface area contributed by atoms with Gasteiger partial charge in [0.2, 0.25) is 0 Å². The summed E-state index contributed by atoms with van der Waals surface area (Å²) in [6, 6.07) is 0. The lowest BCUT2D eigenvalue weighted by molar-refractivity contribution is -0.0324. The molecule has 3 aliphatic rings. The Balaban J connectivity index is 1.85. The van der Waals surface area contributed by atoms with Crippen LogP contribution in [-0.2, 0) is 0 Å². The first-order valence-corrected chi connectivity index (χ1v) is 10.7. The Labute approximate surface area is 151 Å². The molecule has 0 aromatic carbocycles. The third kappa shape index (κ3) is 3.04. The minimum atomic E-state index is 0.344. The maximum absolute atomic E-state index is 4.13. The van der Waals surface area contributed by atoms with Crippen molar-refractivity contribution < 1.29 is 0 Å². The van der Waals surface area contributed by atoms with Gasteiger partial charge in [-0.05, 0) is 73.0 Å². The van der Waals surface area contributed by atoms with Gasteiger partial charge in [0.05, 0.1) is 0 Å². The third-order valence-electron chi connectivity index (χ3n) is 8.30. The summed E-state index contributed by atoms with van der Waals surface area (Å²) < 4.78 is 0. The maximum Gasteiger partial charge on any atom is -0.00802 e. The molecule has 0 aromatic heterocycles. The van der Waals surface area contributed by atoms with Gasteiger partial charge in [0.15, 0.2) is 0 Å². The lowest BCUT2D eigenvalue weighted by atomic mass is 9.45. The molecule has 2 fully saturated rings. The van der Waals surface area contributed by atoms with E-state index in [-0.39, 0.29) is 0 Å². The monoisotopic (exact) mass is 328 g/mol. The van der Waals surface area contributed by atoms with Crippen molar-refractivity contribution in [3.63, 3.8) is 0 Å². The molecule has 24 heavy (non-hydrogen) atoms. The molecule has 0 amide bonds. The van der Waals surface area contributed by atoms with Crippen LogP contribution in [0.5, 0.6) is 0 Å². The van der Waals surface area contributed by atoms with Gasteiger partial charge in [0.25, 0.3) is 0 Å². The van der Waals surface area contributed by atoms with E-state index >= 15 is 0 Å². The molecule has 3 rings (SSSR count).